The molecule has 258 valence electrons. The minimum Gasteiger partial charge on any atom is -0.506 e. The molecule has 6 rings (SSSR count). The van der Waals surface area contributed by atoms with E-state index in [4.69, 9.17) is 11.6 Å². The molecule has 2 aliphatic carbocycles. The van der Waals surface area contributed by atoms with Crippen LogP contribution in [0.25, 0.3) is 12.2 Å². The van der Waals surface area contributed by atoms with E-state index in [0.29, 0.717) is 11.4 Å². The third-order valence-corrected chi connectivity index (χ3v) is 8.17. The second kappa shape index (κ2) is 18.1. The van der Waals surface area contributed by atoms with Crippen molar-refractivity contribution >= 4 is 79.8 Å². The van der Waals surface area contributed by atoms with Crippen LogP contribution in [0, 0.1) is 0 Å². The summed E-state index contributed by atoms with van der Waals surface area (Å²) in [6.07, 6.45) is 5.39. The quantitative estimate of drug-likeness (QED) is 0.0531. The summed E-state index contributed by atoms with van der Waals surface area (Å²) in [6.45, 7) is 3.33. The third-order valence-electron chi connectivity index (χ3n) is 7.07. The van der Waals surface area contributed by atoms with Crippen LogP contribution in [0.15, 0.2) is 119 Å². The Labute approximate surface area is 337 Å². The van der Waals surface area contributed by atoms with Crippen molar-refractivity contribution in [2.24, 2.45) is 10.2 Å². The number of nitrogens with one attached hydrogen (secondary N) is 3. The summed E-state index contributed by atoms with van der Waals surface area (Å²) < 4.78 is 33.2. The van der Waals surface area contributed by atoms with Gasteiger partial charge in [-0.15, -0.1) is 0 Å². The van der Waals surface area contributed by atoms with Crippen molar-refractivity contribution in [3.05, 3.63) is 136 Å². The van der Waals surface area contributed by atoms with Crippen LogP contribution < -0.4 is 45.7 Å². The summed E-state index contributed by atoms with van der Waals surface area (Å²) >= 11 is 5.85. The number of hydrazone groups is 2. The van der Waals surface area contributed by atoms with Crippen molar-refractivity contribution in [2.45, 2.75) is 0 Å². The molecule has 13 nitrogen and oxygen atoms in total. The van der Waals surface area contributed by atoms with Gasteiger partial charge in [-0.3, -0.25) is 29.8 Å². The number of anilines is 3. The number of nitrogens with zero attached hydrogens (tertiary/aromatic N) is 2. The molecule has 1 amide bonds. The molecular formula is C35H27ClCrN5NaO8S+2. The van der Waals surface area contributed by atoms with Gasteiger partial charge in [-0.1, -0.05) is 66.7 Å². The topological polar surface area (TPSA) is 207 Å². The Morgan fingerprint density at radius 2 is 1.46 bits per heavy atom. The molecule has 52 heavy (non-hydrogen) atoms. The number of fused-ring (bicyclic) bond motifs is 2. The maximum absolute atomic E-state index is 12.9. The minimum absolute atomic E-state index is 0. The molecule has 4 aromatic rings. The van der Waals surface area contributed by atoms with Crippen LogP contribution in [0.2, 0.25) is 5.02 Å². The number of aromatic hydroxyl groups is 2. The van der Waals surface area contributed by atoms with Crippen LogP contribution in [-0.2, 0) is 37.1 Å². The fourth-order valence-electron chi connectivity index (χ4n) is 4.65. The van der Waals surface area contributed by atoms with Gasteiger partial charge in [0.25, 0.3) is 10.1 Å². The number of carbonyl (C=O) groups is 3. The number of benzene rings is 4. The van der Waals surface area contributed by atoms with E-state index in [0.717, 1.165) is 23.3 Å². The van der Waals surface area contributed by atoms with E-state index >= 15 is 0 Å². The second-order valence-electron chi connectivity index (χ2n) is 10.4. The van der Waals surface area contributed by atoms with Crippen molar-refractivity contribution in [2.75, 3.05) is 16.2 Å². The maximum Gasteiger partial charge on any atom is 1.00 e. The van der Waals surface area contributed by atoms with Crippen molar-refractivity contribution in [1.82, 2.24) is 0 Å². The van der Waals surface area contributed by atoms with Gasteiger partial charge in [-0.05, 0) is 71.8 Å². The van der Waals surface area contributed by atoms with E-state index in [1.54, 1.807) is 30.3 Å². The first-order valence-corrected chi connectivity index (χ1v) is 16.2. The number of para-hydroxylation sites is 2. The monoisotopic (exact) mass is 787 g/mol. The van der Waals surface area contributed by atoms with Crippen LogP contribution in [-0.4, -0.2) is 52.1 Å². The van der Waals surface area contributed by atoms with E-state index in [9.17, 15) is 37.6 Å². The molecule has 4 aromatic carbocycles. The molecule has 2 aliphatic rings. The standard InChI is InChI=1S/C19H14ClN3O6S.C16H12N2O2.Cr.Na/c1-2-17(25)21-12-5-3-10-7-16(30(27,28)29)18(19(26)13(10)9-12)23-22-14-8-11(20)4-6-15(14)24;19-14-8-4-3-7-13(14)17-18-16-12-6-2-1-5-11(12)9-10-15(16)20;;/h2-9,22,24H,1H2,(H,21,25)(H,27,28,29);1-10,17,19H;;/q;;;+1/p+1/b23-18-;18-16-;;. The van der Waals surface area contributed by atoms with E-state index < -0.39 is 32.4 Å². The molecule has 0 fully saturated rings. The predicted octanol–water partition coefficient (Wildman–Crippen LogP) is 2.98. The molecule has 0 aromatic heterocycles. The third kappa shape index (κ3) is 9.94. The second-order valence-corrected chi connectivity index (χ2v) is 12.2. The zero-order chi connectivity index (χ0) is 36.0. The molecule has 0 unspecified atom stereocenters. The minimum atomic E-state index is -4.81. The van der Waals surface area contributed by atoms with Crippen molar-refractivity contribution < 1.29 is 85.9 Å². The first-order chi connectivity index (χ1) is 23.8. The Bertz CT molecular complexity index is 2320. The van der Waals surface area contributed by atoms with Gasteiger partial charge < -0.3 is 15.5 Å². The summed E-state index contributed by atoms with van der Waals surface area (Å²) in [7, 11) is -4.81. The Hall–Kier alpha value is -4.82. The zero-order valence-corrected chi connectivity index (χ0v) is 31.9. The number of rotatable bonds is 7. The largest absolute Gasteiger partial charge is 1.00 e. The van der Waals surface area contributed by atoms with Crippen molar-refractivity contribution in [3.63, 3.8) is 0 Å². The fourth-order valence-corrected chi connectivity index (χ4v) is 5.48. The first kappa shape index (κ1) is 41.6. The van der Waals surface area contributed by atoms with Crippen molar-refractivity contribution in [1.29, 1.82) is 0 Å². The van der Waals surface area contributed by atoms with Crippen LogP contribution in [0.4, 0.5) is 17.1 Å². The number of phenolic OH excluding ortho intramolecular Hbond substituents is 2. The van der Waals surface area contributed by atoms with Crippen LogP contribution in [0.5, 0.6) is 11.5 Å². The number of amides is 1. The summed E-state index contributed by atoms with van der Waals surface area (Å²) in [5.41, 5.74) is 7.55. The number of halogens is 1. The molecule has 6 N–H and O–H groups in total. The Kier molecular flexibility index (Phi) is 14.5. The first-order valence-electron chi connectivity index (χ1n) is 14.4. The molecular weight excluding hydrogens is 761 g/mol. The summed E-state index contributed by atoms with van der Waals surface area (Å²) in [5, 5.41) is 30.2. The number of phenols is 2. The molecule has 17 heteroatoms. The van der Waals surface area contributed by atoms with Gasteiger partial charge in [0, 0.05) is 39.2 Å². The van der Waals surface area contributed by atoms with Gasteiger partial charge in [0.15, 0.2) is 5.71 Å². The predicted molar refractivity (Wildman–Crippen MR) is 193 cm³/mol. The smallest absolute Gasteiger partial charge is 0.506 e. The average molecular weight is 788 g/mol. The van der Waals surface area contributed by atoms with Gasteiger partial charge in [0.05, 0.1) is 11.4 Å². The average Bonchev–Trinajstić information content (AvgIpc) is 3.09. The fraction of sp³-hybridized carbons (Fsp3) is 0. The zero-order valence-electron chi connectivity index (χ0n) is 28.1. The van der Waals surface area contributed by atoms with Crippen LogP contribution in [0.1, 0.15) is 28.5 Å². The Morgan fingerprint density at radius 1 is 0.808 bits per heavy atom. The number of carbonyl (C=O) groups excluding carboxylic acids is 3. The van der Waals surface area contributed by atoms with Crippen LogP contribution >= 0.6 is 11.6 Å². The van der Waals surface area contributed by atoms with E-state index in [2.05, 4.69) is 33.0 Å². The SMILES string of the molecule is C=CC(=O)Nc1ccc2c(c1)C(=O)/C(=N\Nc1cc(Cl)ccc1O)C(S(=O)(=O)O)=C2.O=C1C=Cc2ccccc2/C1=N/Nc1ccccc1O.[Cr].[H+].[Na+]. The number of hydrogen-bond acceptors (Lipinski definition) is 11. The summed E-state index contributed by atoms with van der Waals surface area (Å²) in [4.78, 5) is 35.7. The molecule has 0 saturated carbocycles. The molecule has 0 saturated heterocycles. The molecule has 0 radical (unpaired) electrons. The van der Waals surface area contributed by atoms with Gasteiger partial charge in [-0.2, -0.15) is 18.6 Å². The number of hydrogen-bond donors (Lipinski definition) is 6. The molecule has 0 bridgehead atoms. The molecule has 0 spiro atoms. The van der Waals surface area contributed by atoms with Gasteiger partial charge in [0.1, 0.15) is 22.1 Å². The summed E-state index contributed by atoms with van der Waals surface area (Å²) in [5.74, 6) is -1.65. The Morgan fingerprint density at radius 3 is 2.17 bits per heavy atom. The number of ketones is 2. The Balaban J connectivity index is 0.000000370. The summed E-state index contributed by atoms with van der Waals surface area (Å²) in [6, 6.07) is 22.5. The van der Waals surface area contributed by atoms with Gasteiger partial charge >= 0.3 is 31.0 Å². The molecule has 0 aliphatic heterocycles. The van der Waals surface area contributed by atoms with E-state index in [1.807, 2.05) is 24.3 Å². The van der Waals surface area contributed by atoms with Crippen molar-refractivity contribution in [3.8, 4) is 11.5 Å². The van der Waals surface area contributed by atoms with E-state index in [-0.39, 0.29) is 93.2 Å². The van der Waals surface area contributed by atoms with Gasteiger partial charge in [-0.25, -0.2) is 0 Å². The number of Topliss-reactive ketones (excluding diaryl/α,β-unsaturated/α-hetero) is 1. The van der Waals surface area contributed by atoms with E-state index in [1.165, 1.54) is 42.5 Å². The maximum atomic E-state index is 12.9. The van der Waals surface area contributed by atoms with Crippen LogP contribution in [0.3, 0.4) is 0 Å². The normalized spacial score (nSPS) is 14.3. The number of allylic oxidation sites excluding steroid dienone is 2. The molecule has 0 heterocycles. The molecule has 0 atom stereocenters. The van der Waals surface area contributed by atoms with Gasteiger partial charge in [0.2, 0.25) is 17.5 Å².